The van der Waals surface area contributed by atoms with Crippen molar-refractivity contribution in [3.63, 3.8) is 0 Å². The largest absolute Gasteiger partial charge is 0.493 e. The van der Waals surface area contributed by atoms with Crippen LogP contribution in [0.15, 0.2) is 66.4 Å². The molecule has 4 nitrogen and oxygen atoms in total. The fraction of sp³-hybridized carbons (Fsp3) is 0.318. The zero-order valence-corrected chi connectivity index (χ0v) is 15.2. The van der Waals surface area contributed by atoms with Gasteiger partial charge in [-0.3, -0.25) is 0 Å². The molecule has 2 rings (SSSR count). The molecule has 2 aromatic carbocycles. The van der Waals surface area contributed by atoms with E-state index in [1.165, 1.54) is 17.2 Å². The van der Waals surface area contributed by atoms with Gasteiger partial charge in [0.15, 0.2) is 5.76 Å². The molecule has 0 spiro atoms. The van der Waals surface area contributed by atoms with Gasteiger partial charge in [0.2, 0.25) is 0 Å². The molecule has 0 amide bonds. The molecule has 0 aliphatic heterocycles. The first kappa shape index (κ1) is 19.6. The lowest BCUT2D eigenvalue weighted by Gasteiger charge is -2.09. The number of hydrogen-bond acceptors (Lipinski definition) is 3. The molecule has 0 radical (unpaired) electrons. The van der Waals surface area contributed by atoms with E-state index in [4.69, 9.17) is 14.6 Å². The average Bonchev–Trinajstić information content (AvgIpc) is 2.66. The molecule has 0 aliphatic carbocycles. The number of ether oxygens (including phenoxy) is 2. The van der Waals surface area contributed by atoms with E-state index in [0.717, 1.165) is 25.0 Å². The minimum Gasteiger partial charge on any atom is -0.493 e. The van der Waals surface area contributed by atoms with E-state index >= 15 is 0 Å². The quantitative estimate of drug-likeness (QED) is 0.363. The van der Waals surface area contributed by atoms with Gasteiger partial charge >= 0.3 is 5.97 Å². The summed E-state index contributed by atoms with van der Waals surface area (Å²) in [7, 11) is 0. The molecule has 0 aliphatic rings. The maximum Gasteiger partial charge on any atom is 0.370 e. The minimum absolute atomic E-state index is 0.0233. The zero-order valence-electron chi connectivity index (χ0n) is 15.2. The first-order chi connectivity index (χ1) is 12.7. The Morgan fingerprint density at radius 1 is 0.923 bits per heavy atom. The number of carbonyl (C=O) groups is 1. The van der Waals surface area contributed by atoms with Crippen molar-refractivity contribution < 1.29 is 19.4 Å². The molecule has 0 aromatic heterocycles. The van der Waals surface area contributed by atoms with Crippen LogP contribution in [0.25, 0.3) is 0 Å². The standard InChI is InChI=1S/C22H26O4/c1-2-21(22(23)24)26-17-7-16-25-20-14-12-19(13-15-20)11-6-10-18-8-4-3-5-9-18/h2-5,8-9,12-15H,6-7,10-11,16-17H2,1H3,(H,23,24)/b21-2-. The first-order valence-corrected chi connectivity index (χ1v) is 8.97. The van der Waals surface area contributed by atoms with Crippen LogP contribution in [0.1, 0.15) is 30.9 Å². The third kappa shape index (κ3) is 7.01. The van der Waals surface area contributed by atoms with Crippen LogP contribution in [-0.2, 0) is 22.4 Å². The number of benzene rings is 2. The Kier molecular flexibility index (Phi) is 8.27. The number of aryl methyl sites for hydroxylation is 2. The Hall–Kier alpha value is -2.75. The molecule has 1 N–H and O–H groups in total. The van der Waals surface area contributed by atoms with Crippen molar-refractivity contribution in [2.45, 2.75) is 32.6 Å². The van der Waals surface area contributed by atoms with Crippen LogP contribution in [-0.4, -0.2) is 24.3 Å². The molecule has 0 fully saturated rings. The van der Waals surface area contributed by atoms with Gasteiger partial charge in [-0.15, -0.1) is 0 Å². The third-order valence-corrected chi connectivity index (χ3v) is 3.99. The summed E-state index contributed by atoms with van der Waals surface area (Å²) in [6.45, 7) is 2.45. The number of carboxylic acids is 1. The highest BCUT2D eigenvalue weighted by Gasteiger charge is 2.06. The normalized spacial score (nSPS) is 11.2. The second kappa shape index (κ2) is 11.0. The molecular weight excluding hydrogens is 328 g/mol. The van der Waals surface area contributed by atoms with Crippen LogP contribution >= 0.6 is 0 Å². The molecule has 0 unspecified atom stereocenters. The van der Waals surface area contributed by atoms with Gasteiger partial charge in [-0.2, -0.15) is 0 Å². The van der Waals surface area contributed by atoms with Crippen LogP contribution in [0.3, 0.4) is 0 Å². The zero-order chi connectivity index (χ0) is 18.6. The molecule has 138 valence electrons. The van der Waals surface area contributed by atoms with Gasteiger partial charge in [-0.25, -0.2) is 4.79 Å². The van der Waals surface area contributed by atoms with Crippen molar-refractivity contribution in [3.8, 4) is 5.75 Å². The SMILES string of the molecule is C/C=C(\OCCCOc1ccc(CCCc2ccccc2)cc1)C(=O)O. The highest BCUT2D eigenvalue weighted by Crippen LogP contribution is 2.15. The van der Waals surface area contributed by atoms with Crippen molar-refractivity contribution in [3.05, 3.63) is 77.6 Å². The number of rotatable bonds is 11. The van der Waals surface area contributed by atoms with E-state index in [2.05, 4.69) is 36.4 Å². The number of allylic oxidation sites excluding steroid dienone is 1. The lowest BCUT2D eigenvalue weighted by molar-refractivity contribution is -0.136. The molecule has 0 saturated heterocycles. The van der Waals surface area contributed by atoms with E-state index in [0.29, 0.717) is 19.6 Å². The van der Waals surface area contributed by atoms with E-state index < -0.39 is 5.97 Å². The van der Waals surface area contributed by atoms with Crippen LogP contribution in [0.4, 0.5) is 0 Å². The van der Waals surface area contributed by atoms with Gasteiger partial charge in [0.1, 0.15) is 5.75 Å². The first-order valence-electron chi connectivity index (χ1n) is 8.97. The number of hydrogen-bond donors (Lipinski definition) is 1. The van der Waals surface area contributed by atoms with Crippen molar-refractivity contribution in [1.29, 1.82) is 0 Å². The Morgan fingerprint density at radius 2 is 1.58 bits per heavy atom. The van der Waals surface area contributed by atoms with Crippen LogP contribution in [0, 0.1) is 0 Å². The Bertz CT molecular complexity index is 690. The van der Waals surface area contributed by atoms with Crippen LogP contribution in [0.5, 0.6) is 5.75 Å². The lowest BCUT2D eigenvalue weighted by atomic mass is 10.0. The molecule has 26 heavy (non-hydrogen) atoms. The molecule has 4 heteroatoms. The molecule has 2 aromatic rings. The number of carboxylic acid groups (broad SMARTS) is 1. The van der Waals surface area contributed by atoms with Gasteiger partial charge in [-0.1, -0.05) is 42.5 Å². The summed E-state index contributed by atoms with van der Waals surface area (Å²) < 4.78 is 10.8. The highest BCUT2D eigenvalue weighted by atomic mass is 16.5. The molecule has 0 saturated carbocycles. The van der Waals surface area contributed by atoms with Gasteiger partial charge in [0, 0.05) is 6.42 Å². The van der Waals surface area contributed by atoms with Crippen LogP contribution in [0.2, 0.25) is 0 Å². The average molecular weight is 354 g/mol. The summed E-state index contributed by atoms with van der Waals surface area (Å²) in [5.41, 5.74) is 2.68. The monoisotopic (exact) mass is 354 g/mol. The van der Waals surface area contributed by atoms with Gasteiger partial charge in [-0.05, 0) is 55.5 Å². The molecule has 0 bridgehead atoms. The fourth-order valence-corrected chi connectivity index (χ4v) is 2.59. The van der Waals surface area contributed by atoms with Gasteiger partial charge in [0.25, 0.3) is 0 Å². The summed E-state index contributed by atoms with van der Waals surface area (Å²) >= 11 is 0. The van der Waals surface area contributed by atoms with Crippen LogP contribution < -0.4 is 4.74 Å². The third-order valence-electron chi connectivity index (χ3n) is 3.99. The van der Waals surface area contributed by atoms with E-state index in [-0.39, 0.29) is 5.76 Å². The van der Waals surface area contributed by atoms with E-state index in [1.807, 2.05) is 18.2 Å². The summed E-state index contributed by atoms with van der Waals surface area (Å²) in [6.07, 6.45) is 5.33. The Labute approximate surface area is 155 Å². The predicted molar refractivity (Wildman–Crippen MR) is 102 cm³/mol. The second-order valence-electron chi connectivity index (χ2n) is 5.99. The number of aliphatic carboxylic acids is 1. The minimum atomic E-state index is -1.05. The lowest BCUT2D eigenvalue weighted by Crippen LogP contribution is -2.08. The second-order valence-corrected chi connectivity index (χ2v) is 5.99. The summed E-state index contributed by atoms with van der Waals surface area (Å²) in [4.78, 5) is 10.8. The van der Waals surface area contributed by atoms with Gasteiger partial charge in [0.05, 0.1) is 13.2 Å². The Morgan fingerprint density at radius 3 is 2.19 bits per heavy atom. The maximum atomic E-state index is 10.8. The predicted octanol–water partition coefficient (Wildman–Crippen LogP) is 4.64. The molecule has 0 heterocycles. The summed E-state index contributed by atoms with van der Waals surface area (Å²) in [5.74, 6) is -0.248. The Balaban J connectivity index is 1.63. The smallest absolute Gasteiger partial charge is 0.370 e. The van der Waals surface area contributed by atoms with Crippen molar-refractivity contribution in [2.24, 2.45) is 0 Å². The summed E-state index contributed by atoms with van der Waals surface area (Å²) in [5, 5.41) is 8.84. The van der Waals surface area contributed by atoms with Gasteiger partial charge < -0.3 is 14.6 Å². The molecular formula is C22H26O4. The van der Waals surface area contributed by atoms with E-state index in [1.54, 1.807) is 6.92 Å². The van der Waals surface area contributed by atoms with Crippen molar-refractivity contribution in [1.82, 2.24) is 0 Å². The van der Waals surface area contributed by atoms with E-state index in [9.17, 15) is 4.79 Å². The maximum absolute atomic E-state index is 10.8. The van der Waals surface area contributed by atoms with Crippen molar-refractivity contribution in [2.75, 3.05) is 13.2 Å². The summed E-state index contributed by atoms with van der Waals surface area (Å²) in [6, 6.07) is 18.7. The van der Waals surface area contributed by atoms with Crippen molar-refractivity contribution >= 4 is 5.97 Å². The molecule has 0 atom stereocenters. The topological polar surface area (TPSA) is 55.8 Å². The fourth-order valence-electron chi connectivity index (χ4n) is 2.59. The highest BCUT2D eigenvalue weighted by molar-refractivity contribution is 5.84.